The van der Waals surface area contributed by atoms with Gasteiger partial charge in [-0.15, -0.1) is 0 Å². The highest BCUT2D eigenvalue weighted by Crippen LogP contribution is 2.03. The summed E-state index contributed by atoms with van der Waals surface area (Å²) in [5.74, 6) is 0.537. The summed E-state index contributed by atoms with van der Waals surface area (Å²) >= 11 is 0. The molecule has 0 saturated heterocycles. The molecule has 0 saturated carbocycles. The summed E-state index contributed by atoms with van der Waals surface area (Å²) in [6.07, 6.45) is 11.8. The van der Waals surface area contributed by atoms with Gasteiger partial charge in [0.05, 0.1) is 5.69 Å². The van der Waals surface area contributed by atoms with Gasteiger partial charge in [0.1, 0.15) is 6.34 Å². The topological polar surface area (TPSA) is 62.0 Å². The SMILES string of the molecule is CC(C)CC(/C=C\Cc1cnccn1)=N/C=N. The summed E-state index contributed by atoms with van der Waals surface area (Å²) in [7, 11) is 0. The third-order valence-corrected chi connectivity index (χ3v) is 2.10. The Kier molecular flexibility index (Phi) is 5.79. The van der Waals surface area contributed by atoms with Gasteiger partial charge in [-0.3, -0.25) is 15.4 Å². The molecule has 0 fully saturated rings. The van der Waals surface area contributed by atoms with Crippen molar-refractivity contribution in [1.29, 1.82) is 5.41 Å². The lowest BCUT2D eigenvalue weighted by Crippen LogP contribution is -2.00. The van der Waals surface area contributed by atoms with Crippen LogP contribution in [0.4, 0.5) is 0 Å². The van der Waals surface area contributed by atoms with Crippen LogP contribution in [0.3, 0.4) is 0 Å². The summed E-state index contributed by atoms with van der Waals surface area (Å²) in [5, 5.41) is 7.01. The van der Waals surface area contributed by atoms with E-state index in [1.807, 2.05) is 12.2 Å². The van der Waals surface area contributed by atoms with Crippen molar-refractivity contribution in [2.45, 2.75) is 26.7 Å². The Balaban J connectivity index is 2.56. The fourth-order valence-electron chi connectivity index (χ4n) is 1.42. The summed E-state index contributed by atoms with van der Waals surface area (Å²) in [4.78, 5) is 12.2. The molecule has 0 atom stereocenters. The Hall–Kier alpha value is -1.84. The summed E-state index contributed by atoms with van der Waals surface area (Å²) in [6.45, 7) is 4.27. The van der Waals surface area contributed by atoms with Crippen molar-refractivity contribution < 1.29 is 0 Å². The minimum absolute atomic E-state index is 0.537. The summed E-state index contributed by atoms with van der Waals surface area (Å²) in [5.41, 5.74) is 1.86. The van der Waals surface area contributed by atoms with Gasteiger partial charge in [-0.05, 0) is 18.4 Å². The molecule has 0 aliphatic rings. The van der Waals surface area contributed by atoms with Gasteiger partial charge in [0.2, 0.25) is 0 Å². The van der Waals surface area contributed by atoms with E-state index in [0.29, 0.717) is 5.92 Å². The molecule has 1 aromatic rings. The van der Waals surface area contributed by atoms with Crippen LogP contribution in [0, 0.1) is 11.3 Å². The fourth-order valence-corrected chi connectivity index (χ4v) is 1.42. The van der Waals surface area contributed by atoms with E-state index < -0.39 is 0 Å². The van der Waals surface area contributed by atoms with Gasteiger partial charge in [0, 0.05) is 30.7 Å². The maximum atomic E-state index is 7.01. The lowest BCUT2D eigenvalue weighted by molar-refractivity contribution is 0.685. The van der Waals surface area contributed by atoms with Crippen LogP contribution in [0.25, 0.3) is 0 Å². The van der Waals surface area contributed by atoms with Crippen molar-refractivity contribution in [3.63, 3.8) is 0 Å². The molecule has 90 valence electrons. The van der Waals surface area contributed by atoms with Crippen LogP contribution in [0.15, 0.2) is 35.7 Å². The second-order valence-corrected chi connectivity index (χ2v) is 4.15. The second-order valence-electron chi connectivity index (χ2n) is 4.15. The number of hydrogen-bond acceptors (Lipinski definition) is 3. The zero-order valence-corrected chi connectivity index (χ0v) is 10.3. The van der Waals surface area contributed by atoms with E-state index in [-0.39, 0.29) is 0 Å². The molecule has 1 aromatic heterocycles. The maximum absolute atomic E-state index is 7.01. The van der Waals surface area contributed by atoms with Crippen molar-refractivity contribution in [1.82, 2.24) is 9.97 Å². The number of nitrogens with zero attached hydrogens (tertiary/aromatic N) is 3. The van der Waals surface area contributed by atoms with Gasteiger partial charge in [-0.2, -0.15) is 0 Å². The second kappa shape index (κ2) is 7.44. The molecule has 1 heterocycles. The molecule has 0 aromatic carbocycles. The molecule has 0 aliphatic carbocycles. The lowest BCUT2D eigenvalue weighted by atomic mass is 10.1. The quantitative estimate of drug-likeness (QED) is 0.603. The third kappa shape index (κ3) is 5.70. The molecule has 17 heavy (non-hydrogen) atoms. The first-order chi connectivity index (χ1) is 8.22. The zero-order chi connectivity index (χ0) is 12.5. The Morgan fingerprint density at radius 1 is 1.47 bits per heavy atom. The smallest absolute Gasteiger partial charge is 0.107 e. The summed E-state index contributed by atoms with van der Waals surface area (Å²) < 4.78 is 0. The highest BCUT2D eigenvalue weighted by Gasteiger charge is 1.98. The number of rotatable bonds is 6. The van der Waals surface area contributed by atoms with Gasteiger partial charge in [-0.25, -0.2) is 4.99 Å². The molecule has 0 bridgehead atoms. The van der Waals surface area contributed by atoms with Crippen LogP contribution in [0.5, 0.6) is 0 Å². The molecule has 1 rings (SSSR count). The van der Waals surface area contributed by atoms with Crippen LogP contribution in [-0.4, -0.2) is 22.0 Å². The van der Waals surface area contributed by atoms with Crippen LogP contribution in [-0.2, 0) is 6.42 Å². The molecule has 0 unspecified atom stereocenters. The zero-order valence-electron chi connectivity index (χ0n) is 10.3. The van der Waals surface area contributed by atoms with Crippen molar-refractivity contribution in [3.05, 3.63) is 36.4 Å². The number of aliphatic imine (C=N–C) groups is 1. The highest BCUT2D eigenvalue weighted by atomic mass is 14.8. The Morgan fingerprint density at radius 2 is 2.29 bits per heavy atom. The lowest BCUT2D eigenvalue weighted by Gasteiger charge is -2.03. The number of aromatic nitrogens is 2. The molecular formula is C13H18N4. The molecule has 0 spiro atoms. The van der Waals surface area contributed by atoms with E-state index in [1.54, 1.807) is 18.6 Å². The number of nitrogens with one attached hydrogen (secondary N) is 1. The standard InChI is InChI=1S/C13H18N4/c1-11(2)8-12(17-10-14)4-3-5-13-9-15-6-7-16-13/h3-4,6-7,9-11,14H,5,8H2,1-2H3/b4-3-,14-10?,17-12+. The van der Waals surface area contributed by atoms with Crippen molar-refractivity contribution in [3.8, 4) is 0 Å². The molecule has 4 nitrogen and oxygen atoms in total. The Morgan fingerprint density at radius 3 is 2.88 bits per heavy atom. The minimum atomic E-state index is 0.537. The first kappa shape index (κ1) is 13.2. The van der Waals surface area contributed by atoms with Crippen LogP contribution >= 0.6 is 0 Å². The van der Waals surface area contributed by atoms with E-state index in [4.69, 9.17) is 5.41 Å². The average Bonchev–Trinajstić information content (AvgIpc) is 2.30. The van der Waals surface area contributed by atoms with Crippen LogP contribution in [0.2, 0.25) is 0 Å². The van der Waals surface area contributed by atoms with Crippen molar-refractivity contribution in [2.75, 3.05) is 0 Å². The number of allylic oxidation sites excluding steroid dienone is 2. The third-order valence-electron chi connectivity index (χ3n) is 2.10. The maximum Gasteiger partial charge on any atom is 0.107 e. The first-order valence-corrected chi connectivity index (χ1v) is 5.69. The predicted molar refractivity (Wildman–Crippen MR) is 70.5 cm³/mol. The van der Waals surface area contributed by atoms with Crippen molar-refractivity contribution in [2.24, 2.45) is 10.9 Å². The van der Waals surface area contributed by atoms with Gasteiger partial charge in [0.25, 0.3) is 0 Å². The van der Waals surface area contributed by atoms with E-state index in [2.05, 4.69) is 28.8 Å². The van der Waals surface area contributed by atoms with Gasteiger partial charge < -0.3 is 0 Å². The molecular weight excluding hydrogens is 212 g/mol. The van der Waals surface area contributed by atoms with E-state index >= 15 is 0 Å². The van der Waals surface area contributed by atoms with Crippen LogP contribution < -0.4 is 0 Å². The first-order valence-electron chi connectivity index (χ1n) is 5.69. The largest absolute Gasteiger partial charge is 0.290 e. The molecule has 0 radical (unpaired) electrons. The van der Waals surface area contributed by atoms with Crippen LogP contribution in [0.1, 0.15) is 26.0 Å². The molecule has 1 N–H and O–H groups in total. The van der Waals surface area contributed by atoms with E-state index in [0.717, 1.165) is 30.6 Å². The fraction of sp³-hybridized carbons (Fsp3) is 0.385. The predicted octanol–water partition coefficient (Wildman–Crippen LogP) is 2.67. The highest BCUT2D eigenvalue weighted by molar-refractivity contribution is 5.98. The number of hydrogen-bond donors (Lipinski definition) is 1. The molecule has 4 heteroatoms. The minimum Gasteiger partial charge on any atom is -0.290 e. The van der Waals surface area contributed by atoms with E-state index in [9.17, 15) is 0 Å². The van der Waals surface area contributed by atoms with Gasteiger partial charge in [-0.1, -0.05) is 19.9 Å². The van der Waals surface area contributed by atoms with E-state index in [1.165, 1.54) is 0 Å². The van der Waals surface area contributed by atoms with Gasteiger partial charge >= 0.3 is 0 Å². The monoisotopic (exact) mass is 230 g/mol. The van der Waals surface area contributed by atoms with Crippen molar-refractivity contribution >= 4 is 12.1 Å². The van der Waals surface area contributed by atoms with Gasteiger partial charge in [0.15, 0.2) is 0 Å². The molecule has 0 aliphatic heterocycles. The normalized spacial score (nSPS) is 12.3. The Bertz CT molecular complexity index is 393. The average molecular weight is 230 g/mol. The Labute approximate surface area is 102 Å². The summed E-state index contributed by atoms with van der Waals surface area (Å²) in [6, 6.07) is 0. The molecule has 0 amide bonds.